The molecular formula is C11H4F6N2. The average Bonchev–Trinajstić information content (AvgIpc) is 2.36. The normalized spacial score (nSPS) is 10.6. The largest absolute Gasteiger partial charge is 0.348 e. The van der Waals surface area contributed by atoms with Gasteiger partial charge in [0, 0.05) is 6.07 Å². The average molecular weight is 278 g/mol. The molecule has 2 aromatic rings. The second-order valence-corrected chi connectivity index (χ2v) is 3.45. The van der Waals surface area contributed by atoms with Gasteiger partial charge >= 0.3 is 0 Å². The predicted octanol–water partition coefficient (Wildman–Crippen LogP) is 3.66. The van der Waals surface area contributed by atoms with Crippen molar-refractivity contribution >= 4 is 11.4 Å². The Hall–Kier alpha value is -2.25. The van der Waals surface area contributed by atoms with E-state index in [0.717, 1.165) is 6.07 Å². The molecule has 0 aliphatic carbocycles. The zero-order valence-corrected chi connectivity index (χ0v) is 8.95. The minimum atomic E-state index is -1.90. The summed E-state index contributed by atoms with van der Waals surface area (Å²) in [7, 11) is 0. The topological polar surface area (TPSA) is 24.9 Å². The lowest BCUT2D eigenvalue weighted by Crippen LogP contribution is -2.07. The second kappa shape index (κ2) is 4.79. The van der Waals surface area contributed by atoms with E-state index in [2.05, 4.69) is 4.98 Å². The molecule has 0 radical (unpaired) electrons. The van der Waals surface area contributed by atoms with Crippen LogP contribution >= 0.6 is 0 Å². The van der Waals surface area contributed by atoms with Crippen LogP contribution in [0.25, 0.3) is 0 Å². The van der Waals surface area contributed by atoms with Crippen molar-refractivity contribution in [3.63, 3.8) is 0 Å². The van der Waals surface area contributed by atoms with Gasteiger partial charge in [0.15, 0.2) is 0 Å². The van der Waals surface area contributed by atoms with Gasteiger partial charge in [0.25, 0.3) is 11.9 Å². The third-order valence-corrected chi connectivity index (χ3v) is 2.19. The SMILES string of the molecule is Fc1ccc(F)c(Nc2c(F)c(F)nc(F)c2F)c1. The molecule has 0 bridgehead atoms. The molecule has 0 spiro atoms. The molecule has 0 saturated carbocycles. The second-order valence-electron chi connectivity index (χ2n) is 3.45. The molecule has 100 valence electrons. The lowest BCUT2D eigenvalue weighted by molar-refractivity contribution is 0.411. The molecule has 19 heavy (non-hydrogen) atoms. The number of pyridine rings is 1. The van der Waals surface area contributed by atoms with Gasteiger partial charge < -0.3 is 5.32 Å². The Labute approximate surface area is 102 Å². The summed E-state index contributed by atoms with van der Waals surface area (Å²) in [6.45, 7) is 0. The van der Waals surface area contributed by atoms with Gasteiger partial charge in [-0.05, 0) is 12.1 Å². The fourth-order valence-corrected chi connectivity index (χ4v) is 1.32. The molecule has 0 saturated heterocycles. The van der Waals surface area contributed by atoms with Gasteiger partial charge in [-0.25, -0.2) is 8.78 Å². The van der Waals surface area contributed by atoms with Crippen molar-refractivity contribution in [3.8, 4) is 0 Å². The van der Waals surface area contributed by atoms with Gasteiger partial charge in [0.05, 0.1) is 5.69 Å². The van der Waals surface area contributed by atoms with Crippen molar-refractivity contribution < 1.29 is 26.3 Å². The van der Waals surface area contributed by atoms with Crippen molar-refractivity contribution in [3.05, 3.63) is 53.4 Å². The Kier molecular flexibility index (Phi) is 3.32. The van der Waals surface area contributed by atoms with Crippen LogP contribution in [0.1, 0.15) is 0 Å². The molecule has 0 aliphatic rings. The number of nitrogens with one attached hydrogen (secondary N) is 1. The lowest BCUT2D eigenvalue weighted by atomic mass is 10.2. The quantitative estimate of drug-likeness (QED) is 0.670. The van der Waals surface area contributed by atoms with Crippen LogP contribution in [0.2, 0.25) is 0 Å². The molecule has 0 aliphatic heterocycles. The summed E-state index contributed by atoms with van der Waals surface area (Å²) in [5, 5.41) is 1.75. The highest BCUT2D eigenvalue weighted by Crippen LogP contribution is 2.27. The number of anilines is 2. The van der Waals surface area contributed by atoms with Crippen LogP contribution in [0.4, 0.5) is 37.7 Å². The first-order chi connectivity index (χ1) is 8.90. The summed E-state index contributed by atoms with van der Waals surface area (Å²) in [5.74, 6) is -9.46. The van der Waals surface area contributed by atoms with Crippen LogP contribution in [0.5, 0.6) is 0 Å². The molecule has 0 atom stereocenters. The maximum Gasteiger partial charge on any atom is 0.253 e. The first-order valence-electron chi connectivity index (χ1n) is 4.82. The molecule has 0 amide bonds. The lowest BCUT2D eigenvalue weighted by Gasteiger charge is -2.10. The summed E-state index contributed by atoms with van der Waals surface area (Å²) >= 11 is 0. The van der Waals surface area contributed by atoms with E-state index in [4.69, 9.17) is 0 Å². The van der Waals surface area contributed by atoms with E-state index in [-0.39, 0.29) is 0 Å². The van der Waals surface area contributed by atoms with Crippen molar-refractivity contribution in [2.45, 2.75) is 0 Å². The first kappa shape index (κ1) is 13.2. The molecule has 0 fully saturated rings. The van der Waals surface area contributed by atoms with Gasteiger partial charge in [-0.1, -0.05) is 0 Å². The van der Waals surface area contributed by atoms with Crippen molar-refractivity contribution in [2.75, 3.05) is 5.32 Å². The third kappa shape index (κ3) is 2.47. The minimum absolute atomic E-state index is 0.574. The van der Waals surface area contributed by atoms with E-state index in [1.165, 1.54) is 0 Å². The number of halogens is 6. The van der Waals surface area contributed by atoms with Crippen LogP contribution in [-0.4, -0.2) is 4.98 Å². The summed E-state index contributed by atoms with van der Waals surface area (Å²) in [6, 6.07) is 2.02. The maximum atomic E-state index is 13.2. The zero-order valence-electron chi connectivity index (χ0n) is 8.95. The molecule has 1 heterocycles. The molecule has 0 unspecified atom stereocenters. The van der Waals surface area contributed by atoms with E-state index in [9.17, 15) is 26.3 Å². The number of benzene rings is 1. The molecular weight excluding hydrogens is 274 g/mol. The highest BCUT2D eigenvalue weighted by molar-refractivity contribution is 5.61. The van der Waals surface area contributed by atoms with Crippen LogP contribution in [0.3, 0.4) is 0 Å². The van der Waals surface area contributed by atoms with Crippen molar-refractivity contribution in [1.29, 1.82) is 0 Å². The number of rotatable bonds is 2. The Morgan fingerprint density at radius 2 is 1.42 bits per heavy atom. The molecule has 1 aromatic carbocycles. The Bertz CT molecular complexity index is 617. The number of hydrogen-bond donors (Lipinski definition) is 1. The predicted molar refractivity (Wildman–Crippen MR) is 53.7 cm³/mol. The molecule has 2 rings (SSSR count). The summed E-state index contributed by atoms with van der Waals surface area (Å²) in [4.78, 5) is 2.32. The van der Waals surface area contributed by atoms with Gasteiger partial charge in [-0.15, -0.1) is 0 Å². The summed E-state index contributed by atoms with van der Waals surface area (Å²) in [5.41, 5.74) is -1.97. The van der Waals surface area contributed by atoms with Crippen LogP contribution in [0.15, 0.2) is 18.2 Å². The highest BCUT2D eigenvalue weighted by Gasteiger charge is 2.21. The Balaban J connectivity index is 2.52. The molecule has 1 N–H and O–H groups in total. The van der Waals surface area contributed by atoms with E-state index in [1.807, 2.05) is 0 Å². The van der Waals surface area contributed by atoms with E-state index < -0.39 is 46.5 Å². The molecule has 1 aromatic heterocycles. The number of aromatic nitrogens is 1. The van der Waals surface area contributed by atoms with Gasteiger partial charge in [-0.3, -0.25) is 0 Å². The monoisotopic (exact) mass is 278 g/mol. The zero-order chi connectivity index (χ0) is 14.2. The Morgan fingerprint density at radius 1 is 0.842 bits per heavy atom. The number of nitrogens with zero attached hydrogens (tertiary/aromatic N) is 1. The van der Waals surface area contributed by atoms with E-state index >= 15 is 0 Å². The highest BCUT2D eigenvalue weighted by atomic mass is 19.2. The standard InChI is InChI=1S/C11H4F6N2/c12-4-1-2-5(13)6(3-4)18-9-7(14)10(16)19-11(17)8(9)15/h1-3H,(H,18,19). The molecule has 8 heteroatoms. The third-order valence-electron chi connectivity index (χ3n) is 2.19. The minimum Gasteiger partial charge on any atom is -0.348 e. The van der Waals surface area contributed by atoms with Crippen LogP contribution < -0.4 is 5.32 Å². The summed E-state index contributed by atoms with van der Waals surface area (Å²) in [6.07, 6.45) is 0. The van der Waals surface area contributed by atoms with Crippen LogP contribution in [0, 0.1) is 35.2 Å². The smallest absolute Gasteiger partial charge is 0.253 e. The first-order valence-corrected chi connectivity index (χ1v) is 4.82. The number of hydrogen-bond acceptors (Lipinski definition) is 2. The fourth-order valence-electron chi connectivity index (χ4n) is 1.32. The van der Waals surface area contributed by atoms with Crippen molar-refractivity contribution in [1.82, 2.24) is 4.98 Å². The maximum absolute atomic E-state index is 13.2. The Morgan fingerprint density at radius 3 is 2.00 bits per heavy atom. The van der Waals surface area contributed by atoms with E-state index in [1.54, 1.807) is 5.32 Å². The van der Waals surface area contributed by atoms with Gasteiger partial charge in [0.1, 0.15) is 17.3 Å². The summed E-state index contributed by atoms with van der Waals surface area (Å²) < 4.78 is 78.2. The van der Waals surface area contributed by atoms with Crippen molar-refractivity contribution in [2.24, 2.45) is 0 Å². The fraction of sp³-hybridized carbons (Fsp3) is 0. The van der Waals surface area contributed by atoms with E-state index in [0.29, 0.717) is 12.1 Å². The van der Waals surface area contributed by atoms with Gasteiger partial charge in [0.2, 0.25) is 11.6 Å². The molecule has 2 nitrogen and oxygen atoms in total. The van der Waals surface area contributed by atoms with Crippen LogP contribution in [-0.2, 0) is 0 Å². The van der Waals surface area contributed by atoms with Gasteiger partial charge in [-0.2, -0.15) is 22.5 Å².